The van der Waals surface area contributed by atoms with Crippen LogP contribution in [0.3, 0.4) is 0 Å². The highest BCUT2D eigenvalue weighted by Gasteiger charge is 2.28. The summed E-state index contributed by atoms with van der Waals surface area (Å²) in [4.78, 5) is 16.1. The van der Waals surface area contributed by atoms with Crippen LogP contribution in [0.25, 0.3) is 0 Å². The Bertz CT molecular complexity index is 844. The van der Waals surface area contributed by atoms with E-state index in [9.17, 15) is 4.79 Å². The minimum atomic E-state index is 0.0670. The van der Waals surface area contributed by atoms with Crippen molar-refractivity contribution < 1.29 is 4.79 Å². The van der Waals surface area contributed by atoms with Crippen molar-refractivity contribution in [2.24, 2.45) is 10.2 Å². The summed E-state index contributed by atoms with van der Waals surface area (Å²) in [6.45, 7) is 4.27. The summed E-state index contributed by atoms with van der Waals surface area (Å²) in [6.07, 6.45) is 0. The number of rotatable bonds is 5. The van der Waals surface area contributed by atoms with Gasteiger partial charge in [-0.15, -0.1) is 5.10 Å². The number of amides is 1. The van der Waals surface area contributed by atoms with Gasteiger partial charge in [-0.3, -0.25) is 9.69 Å². The van der Waals surface area contributed by atoms with Gasteiger partial charge in [0.15, 0.2) is 5.17 Å². The molecule has 0 spiro atoms. The van der Waals surface area contributed by atoms with Crippen molar-refractivity contribution in [1.29, 1.82) is 0 Å². The van der Waals surface area contributed by atoms with Crippen molar-refractivity contribution in [3.63, 3.8) is 0 Å². The zero-order chi connectivity index (χ0) is 18.5. The van der Waals surface area contributed by atoms with Gasteiger partial charge in [-0.2, -0.15) is 5.10 Å². The highest BCUT2D eigenvalue weighted by Crippen LogP contribution is 2.29. The summed E-state index contributed by atoms with van der Waals surface area (Å²) < 4.78 is 0. The van der Waals surface area contributed by atoms with Crippen LogP contribution in [0.4, 0.5) is 0 Å². The number of carbonyl (C=O) groups excluding carboxylic acids is 1. The molecule has 1 amide bonds. The summed E-state index contributed by atoms with van der Waals surface area (Å²) in [5.41, 5.74) is 1.92. The lowest BCUT2D eigenvalue weighted by molar-refractivity contribution is -0.124. The molecule has 2 aromatic carbocycles. The van der Waals surface area contributed by atoms with Gasteiger partial charge in [-0.05, 0) is 55.8 Å². The van der Waals surface area contributed by atoms with Crippen molar-refractivity contribution in [3.8, 4) is 0 Å². The molecule has 4 nitrogen and oxygen atoms in total. The lowest BCUT2D eigenvalue weighted by atomic mass is 10.2. The van der Waals surface area contributed by atoms with Gasteiger partial charge in [0.1, 0.15) is 0 Å². The minimum absolute atomic E-state index is 0.0670. The molecule has 0 unspecified atom stereocenters. The fourth-order valence-corrected chi connectivity index (χ4v) is 4.03. The third-order valence-corrected chi connectivity index (χ3v) is 5.72. The Morgan fingerprint density at radius 1 is 1.12 bits per heavy atom. The predicted molar refractivity (Wildman–Crippen MR) is 111 cm³/mol. The van der Waals surface area contributed by atoms with Crippen LogP contribution in [0.2, 0.25) is 5.02 Å². The maximum Gasteiger partial charge on any atom is 0.239 e. The first-order valence-electron chi connectivity index (χ1n) is 8.05. The number of carbonyl (C=O) groups is 1. The Balaban J connectivity index is 1.68. The second-order valence-electron chi connectivity index (χ2n) is 5.90. The second kappa shape index (κ2) is 8.75. The molecule has 0 aromatic heterocycles. The molecule has 0 atom stereocenters. The van der Waals surface area contributed by atoms with Gasteiger partial charge < -0.3 is 0 Å². The number of hydrogen-bond acceptors (Lipinski definition) is 5. The van der Waals surface area contributed by atoms with Gasteiger partial charge in [-0.25, -0.2) is 0 Å². The first-order valence-corrected chi connectivity index (χ1v) is 10.2. The average Bonchev–Trinajstić information content (AvgIpc) is 2.97. The first-order chi connectivity index (χ1) is 12.5. The molecule has 0 radical (unpaired) electrons. The van der Waals surface area contributed by atoms with Crippen LogP contribution in [0.15, 0.2) is 68.5 Å². The Labute approximate surface area is 166 Å². The molecule has 1 saturated heterocycles. The van der Waals surface area contributed by atoms with Crippen LogP contribution >= 0.6 is 35.1 Å². The zero-order valence-corrected chi connectivity index (χ0v) is 16.9. The summed E-state index contributed by atoms with van der Waals surface area (Å²) in [7, 11) is 0. The van der Waals surface area contributed by atoms with E-state index in [4.69, 9.17) is 11.6 Å². The topological polar surface area (TPSA) is 45.0 Å². The van der Waals surface area contributed by atoms with Crippen molar-refractivity contribution >= 4 is 51.9 Å². The fourth-order valence-electron chi connectivity index (χ4n) is 2.25. The van der Waals surface area contributed by atoms with Gasteiger partial charge >= 0.3 is 0 Å². The van der Waals surface area contributed by atoms with Gasteiger partial charge in [0, 0.05) is 20.5 Å². The summed E-state index contributed by atoms with van der Waals surface area (Å²) in [5.74, 6) is 0.485. The van der Waals surface area contributed by atoms with Gasteiger partial charge in [0.05, 0.1) is 12.3 Å². The van der Waals surface area contributed by atoms with Crippen LogP contribution in [-0.4, -0.2) is 27.4 Å². The lowest BCUT2D eigenvalue weighted by Crippen LogP contribution is -2.28. The number of amidine groups is 1. The highest BCUT2D eigenvalue weighted by molar-refractivity contribution is 8.15. The molecule has 26 heavy (non-hydrogen) atoms. The van der Waals surface area contributed by atoms with E-state index in [-0.39, 0.29) is 5.91 Å². The van der Waals surface area contributed by atoms with Crippen molar-refractivity contribution in [2.75, 3.05) is 5.75 Å². The first kappa shape index (κ1) is 19.0. The molecule has 3 rings (SSSR count). The smallest absolute Gasteiger partial charge is 0.239 e. The normalized spacial score (nSPS) is 15.6. The Kier molecular flexibility index (Phi) is 6.40. The minimum Gasteiger partial charge on any atom is -0.285 e. The lowest BCUT2D eigenvalue weighted by Gasteiger charge is -2.15. The fraction of sp³-hybridized carbons (Fsp3) is 0.211. The molecule has 1 aliphatic rings. The Hall–Kier alpha value is -1.76. The van der Waals surface area contributed by atoms with Gasteiger partial charge in [-0.1, -0.05) is 47.3 Å². The number of benzene rings is 2. The molecule has 7 heteroatoms. The van der Waals surface area contributed by atoms with Gasteiger partial charge in [0.2, 0.25) is 5.91 Å². The Morgan fingerprint density at radius 2 is 1.73 bits per heavy atom. The Morgan fingerprint density at radius 3 is 2.35 bits per heavy atom. The van der Waals surface area contributed by atoms with Crippen LogP contribution in [0.1, 0.15) is 19.4 Å². The van der Waals surface area contributed by atoms with Crippen molar-refractivity contribution in [2.45, 2.75) is 30.2 Å². The van der Waals surface area contributed by atoms with Crippen LogP contribution in [0, 0.1) is 0 Å². The quantitative estimate of drug-likeness (QED) is 0.501. The van der Waals surface area contributed by atoms with E-state index in [2.05, 4.69) is 22.3 Å². The molecule has 1 fully saturated rings. The van der Waals surface area contributed by atoms with E-state index in [1.807, 2.05) is 50.2 Å². The number of halogens is 1. The molecule has 1 heterocycles. The van der Waals surface area contributed by atoms with Gasteiger partial charge in [0.25, 0.3) is 0 Å². The molecular weight excluding hydrogens is 386 g/mol. The van der Waals surface area contributed by atoms with Crippen molar-refractivity contribution in [3.05, 3.63) is 59.1 Å². The standard InChI is InChI=1S/C19H18ClN3OS2/c1-13(2)21-22-19-23(18(24)12-25-19)11-14-3-7-16(8-4-14)26-17-9-5-15(20)6-10-17/h3-10H,11-12H2,1-2H3. The van der Waals surface area contributed by atoms with E-state index in [1.165, 1.54) is 11.8 Å². The van der Waals surface area contributed by atoms with Crippen LogP contribution in [0.5, 0.6) is 0 Å². The molecule has 0 bridgehead atoms. The third kappa shape index (κ3) is 5.13. The van der Waals surface area contributed by atoms with E-state index in [0.29, 0.717) is 17.5 Å². The predicted octanol–water partition coefficient (Wildman–Crippen LogP) is 5.32. The molecule has 2 aromatic rings. The highest BCUT2D eigenvalue weighted by atomic mass is 35.5. The molecule has 0 N–H and O–H groups in total. The maximum atomic E-state index is 12.1. The molecular formula is C19H18ClN3OS2. The zero-order valence-electron chi connectivity index (χ0n) is 14.5. The van der Waals surface area contributed by atoms with E-state index in [1.54, 1.807) is 16.7 Å². The largest absolute Gasteiger partial charge is 0.285 e. The van der Waals surface area contributed by atoms with Crippen LogP contribution < -0.4 is 0 Å². The van der Waals surface area contributed by atoms with E-state index in [0.717, 1.165) is 26.1 Å². The maximum absolute atomic E-state index is 12.1. The average molecular weight is 404 g/mol. The SMILES string of the molecule is CC(C)=NN=C1SCC(=O)N1Cc1ccc(Sc2ccc(Cl)cc2)cc1. The third-order valence-electron chi connectivity index (χ3n) is 3.51. The van der Waals surface area contributed by atoms with Crippen LogP contribution in [-0.2, 0) is 11.3 Å². The monoisotopic (exact) mass is 403 g/mol. The summed E-state index contributed by atoms with van der Waals surface area (Å²) >= 11 is 9.02. The molecule has 1 aliphatic heterocycles. The number of thioether (sulfide) groups is 1. The molecule has 134 valence electrons. The summed E-state index contributed by atoms with van der Waals surface area (Å²) in [5, 5.41) is 9.66. The summed E-state index contributed by atoms with van der Waals surface area (Å²) in [6, 6.07) is 16.0. The van der Waals surface area contributed by atoms with Crippen molar-refractivity contribution in [1.82, 2.24) is 4.90 Å². The molecule has 0 saturated carbocycles. The molecule has 0 aliphatic carbocycles. The van der Waals surface area contributed by atoms with E-state index < -0.39 is 0 Å². The second-order valence-corrected chi connectivity index (χ2v) is 8.42. The number of hydrogen-bond donors (Lipinski definition) is 0. The van der Waals surface area contributed by atoms with E-state index >= 15 is 0 Å². The number of nitrogens with zero attached hydrogens (tertiary/aromatic N) is 3.